The van der Waals surface area contributed by atoms with Crippen LogP contribution in [0.2, 0.25) is 0 Å². The summed E-state index contributed by atoms with van der Waals surface area (Å²) in [6, 6.07) is 0. The van der Waals surface area contributed by atoms with Crippen LogP contribution in [-0.2, 0) is 0 Å². The quantitative estimate of drug-likeness (QED) is 0.565. The Kier molecular flexibility index (Phi) is 5.38. The van der Waals surface area contributed by atoms with E-state index in [0.29, 0.717) is 0 Å². The van der Waals surface area contributed by atoms with E-state index in [9.17, 15) is 0 Å². The topological polar surface area (TPSA) is 0 Å². The van der Waals surface area contributed by atoms with Crippen molar-refractivity contribution < 1.29 is 0 Å². The summed E-state index contributed by atoms with van der Waals surface area (Å²) in [6.45, 7) is 4.80. The van der Waals surface area contributed by atoms with E-state index in [0.717, 1.165) is 23.7 Å². The lowest BCUT2D eigenvalue weighted by Gasteiger charge is -2.24. The maximum atomic E-state index is 2.41. The highest BCUT2D eigenvalue weighted by Gasteiger charge is 2.32. The van der Waals surface area contributed by atoms with E-state index in [-0.39, 0.29) is 0 Å². The smallest absolute Gasteiger partial charge is 0.0383 e. The summed E-state index contributed by atoms with van der Waals surface area (Å²) in [5.74, 6) is 4.33. The van der Waals surface area contributed by atoms with Crippen molar-refractivity contribution in [1.29, 1.82) is 0 Å². The highest BCUT2D eigenvalue weighted by Crippen LogP contribution is 2.43. The highest BCUT2D eigenvalue weighted by atomic mass is 14.4. The van der Waals surface area contributed by atoms with Crippen LogP contribution in [0.4, 0.5) is 0 Å². The summed E-state index contributed by atoms with van der Waals surface area (Å²) in [5.41, 5.74) is 0. The number of hydrogen-bond donors (Lipinski definition) is 0. The van der Waals surface area contributed by atoms with Gasteiger partial charge in [-0.3, -0.25) is 0 Å². The molecule has 3 atom stereocenters. The second-order valence-electron chi connectivity index (χ2n) is 6.76. The highest BCUT2D eigenvalue weighted by molar-refractivity contribution is 4.83. The zero-order chi connectivity index (χ0) is 12.1. The normalized spacial score (nSPS) is 35.3. The summed E-state index contributed by atoms with van der Waals surface area (Å²) in [7, 11) is 0. The molecule has 0 aromatic heterocycles. The van der Waals surface area contributed by atoms with Gasteiger partial charge >= 0.3 is 0 Å². The SMILES string of the molecule is CCC1CC(CC)C(CCC2CCCCC2)C1. The lowest BCUT2D eigenvalue weighted by molar-refractivity contribution is 0.277. The van der Waals surface area contributed by atoms with Crippen LogP contribution in [0.3, 0.4) is 0 Å². The fraction of sp³-hybridized carbons (Fsp3) is 1.00. The van der Waals surface area contributed by atoms with E-state index in [1.165, 1.54) is 32.1 Å². The molecule has 0 amide bonds. The lowest BCUT2D eigenvalue weighted by Crippen LogP contribution is -2.11. The Bertz CT molecular complexity index is 202. The minimum absolute atomic E-state index is 1.07. The molecular weight excluding hydrogens is 204 g/mol. The molecule has 2 rings (SSSR count). The Morgan fingerprint density at radius 1 is 0.706 bits per heavy atom. The molecule has 0 aromatic carbocycles. The number of hydrogen-bond acceptors (Lipinski definition) is 0. The monoisotopic (exact) mass is 236 g/mol. The van der Waals surface area contributed by atoms with Crippen molar-refractivity contribution in [2.75, 3.05) is 0 Å². The van der Waals surface area contributed by atoms with Gasteiger partial charge in [0.25, 0.3) is 0 Å². The van der Waals surface area contributed by atoms with Gasteiger partial charge in [0.15, 0.2) is 0 Å². The first-order valence-electron chi connectivity index (χ1n) is 8.33. The molecule has 0 saturated heterocycles. The molecule has 0 nitrogen and oxygen atoms in total. The van der Waals surface area contributed by atoms with Crippen molar-refractivity contribution in [3.63, 3.8) is 0 Å². The third kappa shape index (κ3) is 3.73. The Balaban J connectivity index is 1.73. The maximum absolute atomic E-state index is 2.41. The third-order valence-corrected chi connectivity index (χ3v) is 5.71. The van der Waals surface area contributed by atoms with Gasteiger partial charge in [0.05, 0.1) is 0 Å². The Morgan fingerprint density at radius 3 is 2.06 bits per heavy atom. The van der Waals surface area contributed by atoms with E-state index in [2.05, 4.69) is 13.8 Å². The first kappa shape index (κ1) is 13.4. The van der Waals surface area contributed by atoms with Gasteiger partial charge in [-0.15, -0.1) is 0 Å². The van der Waals surface area contributed by atoms with Gasteiger partial charge in [-0.2, -0.15) is 0 Å². The zero-order valence-electron chi connectivity index (χ0n) is 12.1. The Morgan fingerprint density at radius 2 is 1.41 bits per heavy atom. The molecule has 0 spiro atoms. The van der Waals surface area contributed by atoms with Gasteiger partial charge in [0.2, 0.25) is 0 Å². The van der Waals surface area contributed by atoms with Crippen molar-refractivity contribution >= 4 is 0 Å². The second-order valence-corrected chi connectivity index (χ2v) is 6.76. The van der Waals surface area contributed by atoms with Gasteiger partial charge in [-0.05, 0) is 42.9 Å². The Hall–Kier alpha value is 0. The van der Waals surface area contributed by atoms with Crippen molar-refractivity contribution in [2.45, 2.75) is 84.5 Å². The largest absolute Gasteiger partial charge is 0.0651 e. The molecular formula is C17H32. The van der Waals surface area contributed by atoms with E-state index in [1.807, 2.05) is 0 Å². The molecule has 2 aliphatic rings. The summed E-state index contributed by atoms with van der Waals surface area (Å²) in [5, 5.41) is 0. The van der Waals surface area contributed by atoms with Crippen molar-refractivity contribution in [3.05, 3.63) is 0 Å². The summed E-state index contributed by atoms with van der Waals surface area (Å²) in [6.07, 6.45) is 16.7. The van der Waals surface area contributed by atoms with Crippen LogP contribution in [0.5, 0.6) is 0 Å². The fourth-order valence-electron chi connectivity index (χ4n) is 4.45. The molecule has 0 heterocycles. The van der Waals surface area contributed by atoms with Gasteiger partial charge in [-0.1, -0.05) is 65.2 Å². The standard InChI is InChI=1S/C17H32/c1-3-14-12-16(4-2)17(13-14)11-10-15-8-6-5-7-9-15/h14-17H,3-13H2,1-2H3. The predicted octanol–water partition coefficient (Wildman–Crippen LogP) is 5.81. The van der Waals surface area contributed by atoms with E-state index < -0.39 is 0 Å². The van der Waals surface area contributed by atoms with E-state index in [4.69, 9.17) is 0 Å². The molecule has 17 heavy (non-hydrogen) atoms. The summed E-state index contributed by atoms with van der Waals surface area (Å²) >= 11 is 0. The minimum Gasteiger partial charge on any atom is -0.0651 e. The molecule has 100 valence electrons. The van der Waals surface area contributed by atoms with E-state index >= 15 is 0 Å². The second kappa shape index (κ2) is 6.81. The van der Waals surface area contributed by atoms with Gasteiger partial charge < -0.3 is 0 Å². The molecule has 0 radical (unpaired) electrons. The minimum atomic E-state index is 1.07. The molecule has 0 aliphatic heterocycles. The Labute approximate surface area is 109 Å². The average Bonchev–Trinajstić information content (AvgIpc) is 2.80. The molecule has 2 aliphatic carbocycles. The molecule has 2 saturated carbocycles. The third-order valence-electron chi connectivity index (χ3n) is 5.71. The predicted molar refractivity (Wildman–Crippen MR) is 76.1 cm³/mol. The molecule has 0 bridgehead atoms. The molecule has 2 fully saturated rings. The molecule has 3 unspecified atom stereocenters. The molecule has 0 heteroatoms. The van der Waals surface area contributed by atoms with Crippen LogP contribution in [-0.4, -0.2) is 0 Å². The van der Waals surface area contributed by atoms with Crippen molar-refractivity contribution in [1.82, 2.24) is 0 Å². The van der Waals surface area contributed by atoms with Gasteiger partial charge in [0.1, 0.15) is 0 Å². The van der Waals surface area contributed by atoms with Crippen LogP contribution in [0.25, 0.3) is 0 Å². The van der Waals surface area contributed by atoms with Gasteiger partial charge in [0, 0.05) is 0 Å². The molecule has 0 N–H and O–H groups in total. The summed E-state index contributed by atoms with van der Waals surface area (Å²) in [4.78, 5) is 0. The van der Waals surface area contributed by atoms with Crippen LogP contribution < -0.4 is 0 Å². The molecule has 0 aromatic rings. The van der Waals surface area contributed by atoms with Crippen LogP contribution in [0, 0.1) is 23.7 Å². The first-order valence-corrected chi connectivity index (χ1v) is 8.33. The lowest BCUT2D eigenvalue weighted by atomic mass is 9.81. The summed E-state index contributed by atoms with van der Waals surface area (Å²) < 4.78 is 0. The van der Waals surface area contributed by atoms with Crippen LogP contribution in [0.15, 0.2) is 0 Å². The van der Waals surface area contributed by atoms with E-state index in [1.54, 1.807) is 38.5 Å². The maximum Gasteiger partial charge on any atom is -0.0383 e. The zero-order valence-corrected chi connectivity index (χ0v) is 12.1. The van der Waals surface area contributed by atoms with Crippen LogP contribution >= 0.6 is 0 Å². The average molecular weight is 236 g/mol. The van der Waals surface area contributed by atoms with Gasteiger partial charge in [-0.25, -0.2) is 0 Å². The van der Waals surface area contributed by atoms with Crippen molar-refractivity contribution in [3.8, 4) is 0 Å². The first-order chi connectivity index (χ1) is 8.33. The fourth-order valence-corrected chi connectivity index (χ4v) is 4.45. The van der Waals surface area contributed by atoms with Crippen LogP contribution in [0.1, 0.15) is 84.5 Å². The number of rotatable bonds is 5. The van der Waals surface area contributed by atoms with Crippen molar-refractivity contribution in [2.24, 2.45) is 23.7 Å².